The molecule has 0 spiro atoms. The fourth-order valence-electron chi connectivity index (χ4n) is 2.65. The Bertz CT molecular complexity index is 748. The van der Waals surface area contributed by atoms with Crippen LogP contribution in [-0.4, -0.2) is 27.7 Å². The first-order chi connectivity index (χ1) is 10.9. The number of aliphatic hydroxyl groups is 1. The van der Waals surface area contributed by atoms with Gasteiger partial charge in [-0.25, -0.2) is 4.39 Å². The van der Waals surface area contributed by atoms with Crippen LogP contribution in [0.3, 0.4) is 0 Å². The lowest BCUT2D eigenvalue weighted by molar-refractivity contribution is -0.0629. The first-order valence-corrected chi connectivity index (χ1v) is 7.26. The van der Waals surface area contributed by atoms with Crippen LogP contribution in [0, 0.1) is 5.82 Å². The number of ether oxygens (including phenoxy) is 1. The number of benzene rings is 1. The number of amides is 1. The fraction of sp³-hybridized carbons (Fsp3) is 0.294. The normalized spacial score (nSPS) is 21.9. The molecule has 5 nitrogen and oxygen atoms in total. The van der Waals surface area contributed by atoms with Gasteiger partial charge in [0.25, 0.3) is 5.91 Å². The lowest BCUT2D eigenvalue weighted by atomic mass is 9.87. The van der Waals surface area contributed by atoms with Gasteiger partial charge in [0, 0.05) is 23.5 Å². The Morgan fingerprint density at radius 1 is 1.39 bits per heavy atom. The van der Waals surface area contributed by atoms with Crippen LogP contribution in [0.4, 0.5) is 4.39 Å². The van der Waals surface area contributed by atoms with Crippen molar-refractivity contribution in [2.45, 2.75) is 31.6 Å². The summed E-state index contributed by atoms with van der Waals surface area (Å²) in [7, 11) is 0. The van der Waals surface area contributed by atoms with Gasteiger partial charge in [-0.3, -0.25) is 9.78 Å². The second-order valence-corrected chi connectivity index (χ2v) is 6.03. The molecule has 0 aliphatic carbocycles. The summed E-state index contributed by atoms with van der Waals surface area (Å²) in [5.41, 5.74) is -0.107. The van der Waals surface area contributed by atoms with E-state index in [9.17, 15) is 14.3 Å². The highest BCUT2D eigenvalue weighted by atomic mass is 19.1. The molecule has 0 radical (unpaired) electrons. The number of aromatic nitrogens is 1. The van der Waals surface area contributed by atoms with Crippen LogP contribution in [-0.2, 0) is 0 Å². The van der Waals surface area contributed by atoms with E-state index in [1.54, 1.807) is 32.3 Å². The van der Waals surface area contributed by atoms with Gasteiger partial charge >= 0.3 is 0 Å². The van der Waals surface area contributed by atoms with E-state index in [0.29, 0.717) is 11.3 Å². The topological polar surface area (TPSA) is 71.5 Å². The molecular weight excluding hydrogens is 299 g/mol. The summed E-state index contributed by atoms with van der Waals surface area (Å²) in [5, 5.41) is 13.3. The van der Waals surface area contributed by atoms with Crippen LogP contribution in [0.15, 0.2) is 42.7 Å². The lowest BCUT2D eigenvalue weighted by Crippen LogP contribution is -2.53. The number of rotatable bonds is 2. The molecule has 1 aromatic carbocycles. The second-order valence-electron chi connectivity index (χ2n) is 6.03. The number of pyridine rings is 1. The number of nitrogens with one attached hydrogen (secondary N) is 1. The van der Waals surface area contributed by atoms with E-state index < -0.39 is 29.5 Å². The first kappa shape index (κ1) is 15.4. The first-order valence-electron chi connectivity index (χ1n) is 7.26. The van der Waals surface area contributed by atoms with Gasteiger partial charge in [-0.1, -0.05) is 6.07 Å². The van der Waals surface area contributed by atoms with Crippen molar-refractivity contribution >= 4 is 5.91 Å². The van der Waals surface area contributed by atoms with Crippen LogP contribution >= 0.6 is 0 Å². The van der Waals surface area contributed by atoms with E-state index in [2.05, 4.69) is 10.3 Å². The zero-order valence-electron chi connectivity index (χ0n) is 12.8. The Hall–Kier alpha value is -2.47. The Morgan fingerprint density at radius 3 is 2.91 bits per heavy atom. The van der Waals surface area contributed by atoms with Crippen molar-refractivity contribution in [1.29, 1.82) is 0 Å². The van der Waals surface area contributed by atoms with E-state index in [1.807, 2.05) is 0 Å². The van der Waals surface area contributed by atoms with E-state index >= 15 is 0 Å². The molecule has 1 aliphatic rings. The molecule has 0 bridgehead atoms. The molecule has 3 rings (SSSR count). The number of nitrogens with zero attached hydrogens (tertiary/aromatic N) is 1. The molecule has 23 heavy (non-hydrogen) atoms. The summed E-state index contributed by atoms with van der Waals surface area (Å²) < 4.78 is 19.1. The summed E-state index contributed by atoms with van der Waals surface area (Å²) >= 11 is 0. The number of fused-ring (bicyclic) bond motifs is 1. The van der Waals surface area contributed by atoms with Gasteiger partial charge in [-0.05, 0) is 38.1 Å². The zero-order chi connectivity index (χ0) is 16.6. The zero-order valence-corrected chi connectivity index (χ0v) is 12.8. The molecule has 2 aromatic rings. The van der Waals surface area contributed by atoms with Crippen molar-refractivity contribution < 1.29 is 19.0 Å². The van der Waals surface area contributed by atoms with Crippen molar-refractivity contribution in [3.63, 3.8) is 0 Å². The van der Waals surface area contributed by atoms with Crippen molar-refractivity contribution in [2.24, 2.45) is 0 Å². The maximum Gasteiger partial charge on any atom is 0.251 e. The van der Waals surface area contributed by atoms with Gasteiger partial charge in [0.1, 0.15) is 23.3 Å². The minimum Gasteiger partial charge on any atom is -0.485 e. The molecule has 1 aromatic heterocycles. The molecular formula is C17H17FN2O3. The molecule has 1 amide bonds. The molecule has 6 heteroatoms. The quantitative estimate of drug-likeness (QED) is 0.891. The summed E-state index contributed by atoms with van der Waals surface area (Å²) in [4.78, 5) is 16.4. The Morgan fingerprint density at radius 2 is 2.17 bits per heavy atom. The highest BCUT2D eigenvalue weighted by Gasteiger charge is 2.43. The van der Waals surface area contributed by atoms with Crippen LogP contribution in [0.25, 0.3) is 0 Å². The predicted octanol–water partition coefficient (Wildman–Crippen LogP) is 2.22. The van der Waals surface area contributed by atoms with Crippen LogP contribution < -0.4 is 10.1 Å². The van der Waals surface area contributed by atoms with Crippen molar-refractivity contribution in [3.05, 3.63) is 59.7 Å². The number of halogens is 1. The van der Waals surface area contributed by atoms with Crippen LogP contribution in [0.2, 0.25) is 0 Å². The number of carbonyl (C=O) groups is 1. The highest BCUT2D eigenvalue weighted by molar-refractivity contribution is 5.94. The van der Waals surface area contributed by atoms with Gasteiger partial charge in [0.2, 0.25) is 0 Å². The standard InChI is InChI=1S/C17H17FN2O3/c1-17(2)15(21)14(12-9-19-7-6-13(12)23-17)20-16(22)10-4-3-5-11(18)8-10/h3-9,14-15,21H,1-2H3,(H,20,22)/t14-,15+/m0/s1. The average Bonchev–Trinajstić information content (AvgIpc) is 2.51. The summed E-state index contributed by atoms with van der Waals surface area (Å²) in [6, 6.07) is 6.38. The molecule has 0 saturated heterocycles. The van der Waals surface area contributed by atoms with Crippen LogP contribution in [0.5, 0.6) is 5.75 Å². The molecule has 1 aliphatic heterocycles. The number of aliphatic hydroxyl groups excluding tert-OH is 1. The maximum absolute atomic E-state index is 13.3. The maximum atomic E-state index is 13.3. The largest absolute Gasteiger partial charge is 0.485 e. The Labute approximate surface area is 133 Å². The number of hydrogen-bond donors (Lipinski definition) is 2. The van der Waals surface area contributed by atoms with Gasteiger partial charge in [0.15, 0.2) is 0 Å². The molecule has 2 N–H and O–H groups in total. The SMILES string of the molecule is CC1(C)Oc2ccncc2[C@H](NC(=O)c2cccc(F)c2)[C@H]1O. The van der Waals surface area contributed by atoms with Gasteiger partial charge in [-0.2, -0.15) is 0 Å². The average molecular weight is 316 g/mol. The second kappa shape index (κ2) is 5.62. The Balaban J connectivity index is 1.93. The van der Waals surface area contributed by atoms with Crippen molar-refractivity contribution in [2.75, 3.05) is 0 Å². The summed E-state index contributed by atoms with van der Waals surface area (Å²) in [5.74, 6) is -0.409. The van der Waals surface area contributed by atoms with Gasteiger partial charge < -0.3 is 15.2 Å². The van der Waals surface area contributed by atoms with Crippen molar-refractivity contribution in [1.82, 2.24) is 10.3 Å². The number of carbonyl (C=O) groups excluding carboxylic acids is 1. The van der Waals surface area contributed by atoms with E-state index in [-0.39, 0.29) is 5.56 Å². The molecule has 2 atom stereocenters. The van der Waals surface area contributed by atoms with Gasteiger partial charge in [-0.15, -0.1) is 0 Å². The smallest absolute Gasteiger partial charge is 0.251 e. The Kier molecular flexibility index (Phi) is 3.77. The molecule has 0 fully saturated rings. The third kappa shape index (κ3) is 2.90. The van der Waals surface area contributed by atoms with Gasteiger partial charge in [0.05, 0.1) is 6.04 Å². The van der Waals surface area contributed by atoms with Crippen molar-refractivity contribution in [3.8, 4) is 5.75 Å². The van der Waals surface area contributed by atoms with E-state index in [0.717, 1.165) is 6.07 Å². The molecule has 0 saturated carbocycles. The summed E-state index contributed by atoms with van der Waals surface area (Å²) in [6.07, 6.45) is 2.15. The fourth-order valence-corrected chi connectivity index (χ4v) is 2.65. The third-order valence-corrected chi connectivity index (χ3v) is 3.92. The monoisotopic (exact) mass is 316 g/mol. The van der Waals surface area contributed by atoms with E-state index in [4.69, 9.17) is 4.74 Å². The molecule has 120 valence electrons. The van der Waals surface area contributed by atoms with Crippen LogP contribution in [0.1, 0.15) is 35.8 Å². The summed E-state index contributed by atoms with van der Waals surface area (Å²) in [6.45, 7) is 3.48. The predicted molar refractivity (Wildman–Crippen MR) is 81.6 cm³/mol. The minimum atomic E-state index is -0.975. The highest BCUT2D eigenvalue weighted by Crippen LogP contribution is 2.39. The minimum absolute atomic E-state index is 0.187. The lowest BCUT2D eigenvalue weighted by Gasteiger charge is -2.42. The molecule has 0 unspecified atom stereocenters. The number of hydrogen-bond acceptors (Lipinski definition) is 4. The van der Waals surface area contributed by atoms with E-state index in [1.165, 1.54) is 18.2 Å². The third-order valence-electron chi connectivity index (χ3n) is 3.92. The molecule has 2 heterocycles.